The molecule has 0 unspecified atom stereocenters. The summed E-state index contributed by atoms with van der Waals surface area (Å²) in [5.74, 6) is -0.457. The molecule has 0 spiro atoms. The van der Waals surface area contributed by atoms with Crippen LogP contribution in [-0.2, 0) is 14.3 Å². The number of hydrogen-bond donors (Lipinski definition) is 2. The number of esters is 1. The molecule has 114 valence electrons. The molecule has 21 heavy (non-hydrogen) atoms. The molecular formula is C15H20N2O4. The maximum atomic E-state index is 12.1. The third kappa shape index (κ3) is 4.03. The molecular weight excluding hydrogens is 272 g/mol. The summed E-state index contributed by atoms with van der Waals surface area (Å²) in [5, 5.41) is 6.04. The van der Waals surface area contributed by atoms with E-state index < -0.39 is 0 Å². The summed E-state index contributed by atoms with van der Waals surface area (Å²) < 4.78 is 9.92. The third-order valence-corrected chi connectivity index (χ3v) is 3.43. The number of carbonyl (C=O) groups excluding carboxylic acids is 2. The normalized spacial score (nSPS) is 19.6. The van der Waals surface area contributed by atoms with E-state index in [1.807, 2.05) is 19.1 Å². The Hall–Kier alpha value is -1.92. The van der Waals surface area contributed by atoms with Crippen LogP contribution in [0.2, 0.25) is 0 Å². The summed E-state index contributed by atoms with van der Waals surface area (Å²) in [5.41, 5.74) is 1.41. The van der Waals surface area contributed by atoms with E-state index >= 15 is 0 Å². The van der Waals surface area contributed by atoms with Crippen molar-refractivity contribution in [3.05, 3.63) is 35.4 Å². The molecule has 1 amide bonds. The second-order valence-corrected chi connectivity index (χ2v) is 4.93. The van der Waals surface area contributed by atoms with Crippen LogP contribution in [0.15, 0.2) is 24.3 Å². The first-order valence-corrected chi connectivity index (χ1v) is 6.91. The number of hydrogen-bond acceptors (Lipinski definition) is 5. The standard InChI is InChI=1S/C15H20N2O4/c1-10(17-14(18)13-9-21-8-7-16-13)11-3-5-12(6-4-11)15(19)20-2/h3-6,10,13,16H,7-9H2,1-2H3,(H,17,18)/t10-,13-/m1/s1. The van der Waals surface area contributed by atoms with Gasteiger partial charge in [-0.2, -0.15) is 0 Å². The van der Waals surface area contributed by atoms with Crippen molar-refractivity contribution >= 4 is 11.9 Å². The first-order chi connectivity index (χ1) is 10.1. The number of benzene rings is 1. The Kier molecular flexibility index (Phi) is 5.30. The smallest absolute Gasteiger partial charge is 0.337 e. The van der Waals surface area contributed by atoms with Crippen molar-refractivity contribution in [3.8, 4) is 0 Å². The molecule has 1 saturated heterocycles. The summed E-state index contributed by atoms with van der Waals surface area (Å²) >= 11 is 0. The highest BCUT2D eigenvalue weighted by Crippen LogP contribution is 2.14. The van der Waals surface area contributed by atoms with Gasteiger partial charge in [-0.05, 0) is 24.6 Å². The molecule has 2 rings (SSSR count). The number of rotatable bonds is 4. The minimum Gasteiger partial charge on any atom is -0.465 e. The highest BCUT2D eigenvalue weighted by atomic mass is 16.5. The molecule has 1 aliphatic heterocycles. The number of amides is 1. The molecule has 0 bridgehead atoms. The van der Waals surface area contributed by atoms with Crippen LogP contribution in [0.1, 0.15) is 28.9 Å². The maximum absolute atomic E-state index is 12.1. The highest BCUT2D eigenvalue weighted by Gasteiger charge is 2.22. The van der Waals surface area contributed by atoms with Crippen molar-refractivity contribution < 1.29 is 19.1 Å². The van der Waals surface area contributed by atoms with Gasteiger partial charge in [0.15, 0.2) is 0 Å². The van der Waals surface area contributed by atoms with Crippen LogP contribution in [0, 0.1) is 0 Å². The van der Waals surface area contributed by atoms with Gasteiger partial charge in [-0.1, -0.05) is 12.1 Å². The first-order valence-electron chi connectivity index (χ1n) is 6.91. The summed E-state index contributed by atoms with van der Waals surface area (Å²) in [7, 11) is 1.35. The summed E-state index contributed by atoms with van der Waals surface area (Å²) in [6.07, 6.45) is 0. The summed E-state index contributed by atoms with van der Waals surface area (Å²) in [4.78, 5) is 23.4. The lowest BCUT2D eigenvalue weighted by atomic mass is 10.1. The first kappa shape index (κ1) is 15.5. The zero-order valence-corrected chi connectivity index (χ0v) is 12.2. The molecule has 6 heteroatoms. The van der Waals surface area contributed by atoms with E-state index in [2.05, 4.69) is 15.4 Å². The lowest BCUT2D eigenvalue weighted by Crippen LogP contribution is -2.51. The van der Waals surface area contributed by atoms with Gasteiger partial charge in [0.25, 0.3) is 0 Å². The van der Waals surface area contributed by atoms with Gasteiger partial charge in [0.2, 0.25) is 5.91 Å². The minimum absolute atomic E-state index is 0.0840. The topological polar surface area (TPSA) is 76.7 Å². The predicted molar refractivity (Wildman–Crippen MR) is 76.9 cm³/mol. The largest absolute Gasteiger partial charge is 0.465 e. The van der Waals surface area contributed by atoms with Gasteiger partial charge in [0, 0.05) is 6.54 Å². The van der Waals surface area contributed by atoms with Crippen LogP contribution in [0.25, 0.3) is 0 Å². The van der Waals surface area contributed by atoms with E-state index in [0.717, 1.165) is 5.56 Å². The molecule has 1 aromatic rings. The lowest BCUT2D eigenvalue weighted by molar-refractivity contribution is -0.126. The van der Waals surface area contributed by atoms with E-state index in [1.165, 1.54) is 7.11 Å². The van der Waals surface area contributed by atoms with Gasteiger partial charge < -0.3 is 20.1 Å². The molecule has 1 aromatic carbocycles. The number of nitrogens with one attached hydrogen (secondary N) is 2. The highest BCUT2D eigenvalue weighted by molar-refractivity contribution is 5.89. The van der Waals surface area contributed by atoms with Gasteiger partial charge in [-0.25, -0.2) is 4.79 Å². The zero-order valence-electron chi connectivity index (χ0n) is 12.2. The molecule has 0 aliphatic carbocycles. The van der Waals surface area contributed by atoms with Gasteiger partial charge in [0.1, 0.15) is 6.04 Å². The Morgan fingerprint density at radius 3 is 2.67 bits per heavy atom. The average Bonchev–Trinajstić information content (AvgIpc) is 2.55. The quantitative estimate of drug-likeness (QED) is 0.796. The molecule has 1 heterocycles. The van der Waals surface area contributed by atoms with Crippen molar-refractivity contribution in [2.24, 2.45) is 0 Å². The monoisotopic (exact) mass is 292 g/mol. The molecule has 1 aliphatic rings. The summed E-state index contributed by atoms with van der Waals surface area (Å²) in [6.45, 7) is 3.60. The number of methoxy groups -OCH3 is 1. The van der Waals surface area contributed by atoms with Gasteiger partial charge >= 0.3 is 5.97 Å². The second kappa shape index (κ2) is 7.19. The predicted octanol–water partition coefficient (Wildman–Crippen LogP) is 0.639. The van der Waals surface area contributed by atoms with Gasteiger partial charge in [0.05, 0.1) is 31.9 Å². The van der Waals surface area contributed by atoms with E-state index in [4.69, 9.17) is 4.74 Å². The van der Waals surface area contributed by atoms with Crippen LogP contribution in [0.3, 0.4) is 0 Å². The van der Waals surface area contributed by atoms with E-state index in [0.29, 0.717) is 25.3 Å². The van der Waals surface area contributed by atoms with E-state index in [1.54, 1.807) is 12.1 Å². The molecule has 0 radical (unpaired) electrons. The van der Waals surface area contributed by atoms with E-state index in [-0.39, 0.29) is 24.0 Å². The summed E-state index contributed by atoms with van der Waals surface area (Å²) in [6, 6.07) is 6.53. The fraction of sp³-hybridized carbons (Fsp3) is 0.467. The van der Waals surface area contributed by atoms with Crippen molar-refractivity contribution in [2.75, 3.05) is 26.9 Å². The van der Waals surface area contributed by atoms with E-state index in [9.17, 15) is 9.59 Å². The SMILES string of the molecule is COC(=O)c1ccc([C@@H](C)NC(=O)[C@H]2COCCN2)cc1. The Morgan fingerprint density at radius 2 is 2.10 bits per heavy atom. The Balaban J connectivity index is 1.94. The molecule has 0 aromatic heterocycles. The second-order valence-electron chi connectivity index (χ2n) is 4.93. The van der Waals surface area contributed by atoms with Crippen molar-refractivity contribution in [1.82, 2.24) is 10.6 Å². The molecule has 1 fully saturated rings. The molecule has 2 atom stereocenters. The average molecular weight is 292 g/mol. The molecule has 0 saturated carbocycles. The van der Waals surface area contributed by atoms with Crippen molar-refractivity contribution in [3.63, 3.8) is 0 Å². The Morgan fingerprint density at radius 1 is 1.38 bits per heavy atom. The van der Waals surface area contributed by atoms with Crippen LogP contribution in [-0.4, -0.2) is 44.8 Å². The van der Waals surface area contributed by atoms with Crippen LogP contribution in [0.4, 0.5) is 0 Å². The fourth-order valence-corrected chi connectivity index (χ4v) is 2.16. The maximum Gasteiger partial charge on any atom is 0.337 e. The lowest BCUT2D eigenvalue weighted by Gasteiger charge is -2.25. The van der Waals surface area contributed by atoms with Crippen LogP contribution >= 0.6 is 0 Å². The van der Waals surface area contributed by atoms with Crippen molar-refractivity contribution in [1.29, 1.82) is 0 Å². The van der Waals surface area contributed by atoms with Crippen molar-refractivity contribution in [2.45, 2.75) is 19.0 Å². The minimum atomic E-state index is -0.373. The number of morpholine rings is 1. The Labute approximate surface area is 123 Å². The van der Waals surface area contributed by atoms with Gasteiger partial charge in [-0.15, -0.1) is 0 Å². The fourth-order valence-electron chi connectivity index (χ4n) is 2.16. The van der Waals surface area contributed by atoms with Crippen LogP contribution in [0.5, 0.6) is 0 Å². The van der Waals surface area contributed by atoms with Crippen LogP contribution < -0.4 is 10.6 Å². The molecule has 6 nitrogen and oxygen atoms in total. The number of ether oxygens (including phenoxy) is 2. The van der Waals surface area contributed by atoms with Gasteiger partial charge in [-0.3, -0.25) is 4.79 Å². The molecule has 2 N–H and O–H groups in total. The third-order valence-electron chi connectivity index (χ3n) is 3.43. The zero-order chi connectivity index (χ0) is 15.2. The Bertz CT molecular complexity index is 495. The number of carbonyl (C=O) groups is 2.